The minimum Gasteiger partial charge on any atom is -0.382 e. The second-order valence-corrected chi connectivity index (χ2v) is 3.35. The molecular weight excluding hydrogens is 196 g/mol. The van der Waals surface area contributed by atoms with Crippen molar-refractivity contribution in [3.05, 3.63) is 0 Å². The van der Waals surface area contributed by atoms with Crippen LogP contribution in [0.1, 0.15) is 6.92 Å². The molecule has 1 amide bonds. The quantitative estimate of drug-likeness (QED) is 0.518. The van der Waals surface area contributed by atoms with Gasteiger partial charge in [-0.05, 0) is 7.05 Å². The summed E-state index contributed by atoms with van der Waals surface area (Å²) < 4.78 is 10.0. The fourth-order valence-electron chi connectivity index (χ4n) is 1.06. The first kappa shape index (κ1) is 14.3. The van der Waals surface area contributed by atoms with Gasteiger partial charge in [-0.2, -0.15) is 0 Å². The molecule has 0 aromatic carbocycles. The topological polar surface area (TPSA) is 59.6 Å². The van der Waals surface area contributed by atoms with Gasteiger partial charge in [-0.15, -0.1) is 0 Å². The Balaban J connectivity index is 3.30. The molecule has 1 unspecified atom stereocenters. The summed E-state index contributed by atoms with van der Waals surface area (Å²) in [5.41, 5.74) is 0. The van der Waals surface area contributed by atoms with Gasteiger partial charge in [0.2, 0.25) is 5.91 Å². The van der Waals surface area contributed by atoms with E-state index in [0.717, 1.165) is 0 Å². The molecule has 0 aromatic rings. The standard InChI is InChI=1S/C10H22N2O3/c1-9(8-11-2)10(13)12-4-5-15-7-6-14-3/h9,11H,4-8H2,1-3H3,(H,12,13). The van der Waals surface area contributed by atoms with Gasteiger partial charge in [-0.1, -0.05) is 6.92 Å². The van der Waals surface area contributed by atoms with E-state index in [9.17, 15) is 4.79 Å². The summed E-state index contributed by atoms with van der Waals surface area (Å²) in [4.78, 5) is 11.4. The van der Waals surface area contributed by atoms with Crippen molar-refractivity contribution in [3.8, 4) is 0 Å². The Labute approximate surface area is 91.5 Å². The van der Waals surface area contributed by atoms with Crippen molar-refractivity contribution in [1.29, 1.82) is 0 Å². The van der Waals surface area contributed by atoms with Gasteiger partial charge in [0.1, 0.15) is 0 Å². The molecule has 0 bridgehead atoms. The van der Waals surface area contributed by atoms with Crippen LogP contribution < -0.4 is 10.6 Å². The first-order valence-electron chi connectivity index (χ1n) is 5.21. The van der Waals surface area contributed by atoms with Crippen LogP contribution in [0.25, 0.3) is 0 Å². The first-order chi connectivity index (χ1) is 7.22. The summed E-state index contributed by atoms with van der Waals surface area (Å²) in [5.74, 6) is 0.0497. The zero-order valence-electron chi connectivity index (χ0n) is 9.84. The Bertz CT molecular complexity index is 165. The molecule has 0 fully saturated rings. The number of carbonyl (C=O) groups is 1. The van der Waals surface area contributed by atoms with E-state index in [-0.39, 0.29) is 11.8 Å². The van der Waals surface area contributed by atoms with Crippen LogP contribution in [0.3, 0.4) is 0 Å². The maximum absolute atomic E-state index is 11.4. The van der Waals surface area contributed by atoms with Crippen molar-refractivity contribution in [2.24, 2.45) is 5.92 Å². The van der Waals surface area contributed by atoms with Gasteiger partial charge in [0.05, 0.1) is 19.8 Å². The molecule has 0 aliphatic heterocycles. The molecule has 0 aromatic heterocycles. The van der Waals surface area contributed by atoms with Crippen LogP contribution in [0.15, 0.2) is 0 Å². The Kier molecular flexibility index (Phi) is 9.46. The van der Waals surface area contributed by atoms with Crippen LogP contribution in [0.2, 0.25) is 0 Å². The number of rotatable bonds is 9. The maximum Gasteiger partial charge on any atom is 0.224 e. The molecule has 0 heterocycles. The molecule has 0 aliphatic carbocycles. The molecule has 0 rings (SSSR count). The molecule has 0 spiro atoms. The van der Waals surface area contributed by atoms with E-state index in [4.69, 9.17) is 9.47 Å². The van der Waals surface area contributed by atoms with Crippen LogP contribution in [0.5, 0.6) is 0 Å². The van der Waals surface area contributed by atoms with Crippen LogP contribution in [0, 0.1) is 5.92 Å². The summed E-state index contributed by atoms with van der Waals surface area (Å²) in [6, 6.07) is 0. The minimum atomic E-state index is -0.00558. The Morgan fingerprint density at radius 2 is 2.07 bits per heavy atom. The number of nitrogens with one attached hydrogen (secondary N) is 2. The molecule has 15 heavy (non-hydrogen) atoms. The number of amides is 1. The van der Waals surface area contributed by atoms with Gasteiger partial charge in [0.15, 0.2) is 0 Å². The molecule has 5 heteroatoms. The normalized spacial score (nSPS) is 12.5. The third kappa shape index (κ3) is 8.35. The average molecular weight is 218 g/mol. The van der Waals surface area contributed by atoms with Gasteiger partial charge in [0, 0.05) is 26.1 Å². The zero-order valence-corrected chi connectivity index (χ0v) is 9.84. The minimum absolute atomic E-state index is 0.00558. The highest BCUT2D eigenvalue weighted by Crippen LogP contribution is 1.90. The van der Waals surface area contributed by atoms with Crippen LogP contribution >= 0.6 is 0 Å². The number of ether oxygens (including phenoxy) is 2. The molecule has 1 atom stereocenters. The largest absolute Gasteiger partial charge is 0.382 e. The van der Waals surface area contributed by atoms with Gasteiger partial charge >= 0.3 is 0 Å². The molecular formula is C10H22N2O3. The van der Waals surface area contributed by atoms with Crippen molar-refractivity contribution in [2.75, 3.05) is 47.1 Å². The van der Waals surface area contributed by atoms with E-state index in [0.29, 0.717) is 32.9 Å². The van der Waals surface area contributed by atoms with Crippen molar-refractivity contribution in [2.45, 2.75) is 6.92 Å². The van der Waals surface area contributed by atoms with Crippen molar-refractivity contribution >= 4 is 5.91 Å². The van der Waals surface area contributed by atoms with Gasteiger partial charge < -0.3 is 20.1 Å². The number of carbonyl (C=O) groups excluding carboxylic acids is 1. The molecule has 2 N–H and O–H groups in total. The predicted octanol–water partition coefficient (Wildman–Crippen LogP) is -0.379. The van der Waals surface area contributed by atoms with Gasteiger partial charge in [0.25, 0.3) is 0 Å². The number of hydrogen-bond acceptors (Lipinski definition) is 4. The maximum atomic E-state index is 11.4. The monoisotopic (exact) mass is 218 g/mol. The summed E-state index contributed by atoms with van der Waals surface area (Å²) in [6.07, 6.45) is 0. The second kappa shape index (κ2) is 9.89. The van der Waals surface area contributed by atoms with E-state index >= 15 is 0 Å². The molecule has 0 radical (unpaired) electrons. The smallest absolute Gasteiger partial charge is 0.224 e. The lowest BCUT2D eigenvalue weighted by molar-refractivity contribution is -0.124. The summed E-state index contributed by atoms with van der Waals surface area (Å²) in [7, 11) is 3.46. The lowest BCUT2D eigenvalue weighted by atomic mass is 10.1. The zero-order chi connectivity index (χ0) is 11.5. The number of methoxy groups -OCH3 is 1. The Morgan fingerprint density at radius 3 is 2.67 bits per heavy atom. The molecule has 90 valence electrons. The highest BCUT2D eigenvalue weighted by atomic mass is 16.5. The van der Waals surface area contributed by atoms with Gasteiger partial charge in [-0.25, -0.2) is 0 Å². The van der Waals surface area contributed by atoms with Crippen molar-refractivity contribution in [3.63, 3.8) is 0 Å². The fraction of sp³-hybridized carbons (Fsp3) is 0.900. The third-order valence-electron chi connectivity index (χ3n) is 1.94. The fourth-order valence-corrected chi connectivity index (χ4v) is 1.06. The molecule has 0 saturated heterocycles. The first-order valence-corrected chi connectivity index (χ1v) is 5.21. The highest BCUT2D eigenvalue weighted by Gasteiger charge is 2.10. The summed E-state index contributed by atoms with van der Waals surface area (Å²) in [6.45, 7) is 4.81. The van der Waals surface area contributed by atoms with Crippen LogP contribution in [0.4, 0.5) is 0 Å². The van der Waals surface area contributed by atoms with Crippen LogP contribution in [-0.4, -0.2) is 53.0 Å². The second-order valence-electron chi connectivity index (χ2n) is 3.35. The van der Waals surface area contributed by atoms with Crippen LogP contribution in [-0.2, 0) is 14.3 Å². The lowest BCUT2D eigenvalue weighted by Gasteiger charge is -2.11. The summed E-state index contributed by atoms with van der Waals surface area (Å²) in [5, 5.41) is 5.76. The SMILES string of the molecule is CNCC(C)C(=O)NCCOCCOC. The van der Waals surface area contributed by atoms with E-state index in [1.807, 2.05) is 14.0 Å². The lowest BCUT2D eigenvalue weighted by Crippen LogP contribution is -2.36. The van der Waals surface area contributed by atoms with E-state index < -0.39 is 0 Å². The van der Waals surface area contributed by atoms with E-state index in [1.54, 1.807) is 7.11 Å². The Morgan fingerprint density at radius 1 is 1.33 bits per heavy atom. The molecule has 5 nitrogen and oxygen atoms in total. The summed E-state index contributed by atoms with van der Waals surface area (Å²) >= 11 is 0. The third-order valence-corrected chi connectivity index (χ3v) is 1.94. The predicted molar refractivity (Wildman–Crippen MR) is 58.8 cm³/mol. The average Bonchev–Trinajstić information content (AvgIpc) is 2.23. The van der Waals surface area contributed by atoms with Gasteiger partial charge in [-0.3, -0.25) is 4.79 Å². The van der Waals surface area contributed by atoms with Crippen molar-refractivity contribution in [1.82, 2.24) is 10.6 Å². The number of hydrogen-bond donors (Lipinski definition) is 2. The molecule has 0 saturated carbocycles. The van der Waals surface area contributed by atoms with E-state index in [1.165, 1.54) is 0 Å². The molecule has 0 aliphatic rings. The van der Waals surface area contributed by atoms with E-state index in [2.05, 4.69) is 10.6 Å². The van der Waals surface area contributed by atoms with Crippen molar-refractivity contribution < 1.29 is 14.3 Å². The highest BCUT2D eigenvalue weighted by molar-refractivity contribution is 5.78. The Hall–Kier alpha value is -0.650.